The molecule has 1 aromatic rings. The van der Waals surface area contributed by atoms with Gasteiger partial charge in [-0.15, -0.1) is 0 Å². The lowest BCUT2D eigenvalue weighted by Crippen LogP contribution is -2.24. The highest BCUT2D eigenvalue weighted by Crippen LogP contribution is 2.36. The van der Waals surface area contributed by atoms with Gasteiger partial charge < -0.3 is 9.84 Å². The second-order valence-corrected chi connectivity index (χ2v) is 11.4. The number of hydrogen-bond acceptors (Lipinski definition) is 3. The monoisotopic (exact) mass is 434 g/mol. The van der Waals surface area contributed by atoms with Crippen LogP contribution in [0.4, 0.5) is 0 Å². The minimum absolute atomic E-state index is 0.137. The Morgan fingerprint density at radius 1 is 1.03 bits per heavy atom. The van der Waals surface area contributed by atoms with Crippen LogP contribution in [-0.4, -0.2) is 27.5 Å². The smallest absolute Gasteiger partial charge is 0.356 e. The summed E-state index contributed by atoms with van der Waals surface area (Å²) in [4.78, 5) is 11.6. The molecule has 0 amide bonds. The molecule has 0 saturated carbocycles. The number of fused-ring (bicyclic) bond motifs is 1. The molecule has 0 spiro atoms. The Bertz CT molecular complexity index is 686. The summed E-state index contributed by atoms with van der Waals surface area (Å²) in [5.41, 5.74) is 2.79. The number of rotatable bonds is 14. The molecule has 1 N–H and O–H groups in total. The average molecular weight is 435 g/mol. The van der Waals surface area contributed by atoms with E-state index in [1.807, 2.05) is 0 Å². The first-order chi connectivity index (χ1) is 14.6. The maximum Gasteiger partial charge on any atom is 0.356 e. The number of carboxylic acid groups (broad SMARTS) is 1. The predicted molar refractivity (Wildman–Crippen MR) is 127 cm³/mol. The normalized spacial score (nSPS) is 15.8. The molecule has 5 heteroatoms. The van der Waals surface area contributed by atoms with E-state index in [2.05, 4.69) is 39.7 Å². The molecule has 1 aromatic heterocycles. The Labute approximate surface area is 189 Å². The molecule has 0 atom stereocenters. The fraction of sp³-hybridized carbons (Fsp3) is 0.846. The predicted octanol–water partition coefficient (Wildman–Crippen LogP) is 7.02. The Balaban J connectivity index is 1.55. The van der Waals surface area contributed by atoms with Crippen LogP contribution >= 0.6 is 0 Å². The summed E-state index contributed by atoms with van der Waals surface area (Å²) in [6.07, 6.45) is 15.8. The van der Waals surface area contributed by atoms with Gasteiger partial charge in [0, 0.05) is 17.9 Å². The van der Waals surface area contributed by atoms with Gasteiger partial charge >= 0.3 is 5.97 Å². The molecule has 31 heavy (non-hydrogen) atoms. The minimum Gasteiger partial charge on any atom is -0.476 e. The van der Waals surface area contributed by atoms with E-state index >= 15 is 0 Å². The van der Waals surface area contributed by atoms with Gasteiger partial charge in [-0.05, 0) is 42.9 Å². The van der Waals surface area contributed by atoms with Crippen LogP contribution in [0.3, 0.4) is 0 Å². The van der Waals surface area contributed by atoms with Gasteiger partial charge in [0.2, 0.25) is 0 Å². The van der Waals surface area contributed by atoms with Crippen molar-refractivity contribution in [1.82, 2.24) is 9.78 Å². The molecular weight excluding hydrogens is 388 g/mol. The molecule has 1 aliphatic rings. The van der Waals surface area contributed by atoms with Crippen molar-refractivity contribution in [3.8, 4) is 0 Å². The summed E-state index contributed by atoms with van der Waals surface area (Å²) in [7, 11) is 0. The molecule has 1 heterocycles. The van der Waals surface area contributed by atoms with Gasteiger partial charge in [0.05, 0.1) is 0 Å². The number of hydrogen-bond donors (Lipinski definition) is 1. The van der Waals surface area contributed by atoms with E-state index in [9.17, 15) is 9.90 Å². The Kier molecular flexibility index (Phi) is 10.1. The zero-order chi connectivity index (χ0) is 22.9. The van der Waals surface area contributed by atoms with E-state index in [1.54, 1.807) is 4.68 Å². The number of aromatic carboxylic acids is 1. The van der Waals surface area contributed by atoms with E-state index in [0.717, 1.165) is 43.5 Å². The van der Waals surface area contributed by atoms with Crippen LogP contribution in [0.2, 0.25) is 0 Å². The summed E-state index contributed by atoms with van der Waals surface area (Å²) in [5, 5.41) is 13.9. The summed E-state index contributed by atoms with van der Waals surface area (Å²) in [6, 6.07) is 0. The third-order valence-corrected chi connectivity index (χ3v) is 6.49. The van der Waals surface area contributed by atoms with Crippen molar-refractivity contribution >= 4 is 5.97 Å². The average Bonchev–Trinajstić information content (AvgIpc) is 3.01. The van der Waals surface area contributed by atoms with E-state index < -0.39 is 5.97 Å². The lowest BCUT2D eigenvalue weighted by molar-refractivity contribution is 0.0610. The number of ether oxygens (including phenoxy) is 1. The zero-order valence-electron chi connectivity index (χ0n) is 20.8. The van der Waals surface area contributed by atoms with Gasteiger partial charge in [0.15, 0.2) is 5.69 Å². The molecule has 0 saturated heterocycles. The number of carboxylic acids is 1. The third-order valence-electron chi connectivity index (χ3n) is 6.49. The highest BCUT2D eigenvalue weighted by Gasteiger charge is 2.32. The second-order valence-electron chi connectivity index (χ2n) is 11.4. The van der Waals surface area contributed by atoms with Crippen molar-refractivity contribution in [1.29, 1.82) is 0 Å². The Morgan fingerprint density at radius 2 is 1.61 bits per heavy atom. The van der Waals surface area contributed by atoms with Crippen molar-refractivity contribution in [2.24, 2.45) is 10.8 Å². The lowest BCUT2D eigenvalue weighted by Gasteiger charge is -2.29. The number of nitrogens with zero attached hydrogens (tertiary/aromatic N) is 2. The first-order valence-corrected chi connectivity index (χ1v) is 12.5. The molecule has 0 aliphatic heterocycles. The molecule has 0 unspecified atom stereocenters. The van der Waals surface area contributed by atoms with E-state index in [4.69, 9.17) is 4.74 Å². The van der Waals surface area contributed by atoms with Gasteiger partial charge in [-0.25, -0.2) is 9.48 Å². The number of carbonyl (C=O) groups is 1. The van der Waals surface area contributed by atoms with Crippen LogP contribution in [0.1, 0.15) is 127 Å². The van der Waals surface area contributed by atoms with E-state index in [1.165, 1.54) is 57.8 Å². The fourth-order valence-corrected chi connectivity index (χ4v) is 4.55. The molecule has 1 aliphatic carbocycles. The molecule has 0 bridgehead atoms. The van der Waals surface area contributed by atoms with Crippen LogP contribution in [-0.2, 0) is 24.3 Å². The second kappa shape index (κ2) is 12.0. The maximum absolute atomic E-state index is 11.6. The van der Waals surface area contributed by atoms with Crippen LogP contribution in [0.15, 0.2) is 0 Å². The summed E-state index contributed by atoms with van der Waals surface area (Å²) < 4.78 is 7.62. The topological polar surface area (TPSA) is 64.4 Å². The molecule has 2 rings (SSSR count). The van der Waals surface area contributed by atoms with Gasteiger partial charge in [-0.3, -0.25) is 0 Å². The molecule has 0 radical (unpaired) electrons. The summed E-state index contributed by atoms with van der Waals surface area (Å²) >= 11 is 0. The van der Waals surface area contributed by atoms with Crippen LogP contribution in [0, 0.1) is 10.8 Å². The zero-order valence-corrected chi connectivity index (χ0v) is 20.8. The minimum atomic E-state index is -0.929. The Hall–Kier alpha value is -1.36. The van der Waals surface area contributed by atoms with Gasteiger partial charge in [-0.1, -0.05) is 86.0 Å². The molecule has 178 valence electrons. The van der Waals surface area contributed by atoms with Crippen LogP contribution < -0.4 is 0 Å². The van der Waals surface area contributed by atoms with E-state index in [0.29, 0.717) is 12.1 Å². The number of unbranched alkanes of at least 4 members (excludes halogenated alkanes) is 8. The molecule has 5 nitrogen and oxygen atoms in total. The fourth-order valence-electron chi connectivity index (χ4n) is 4.55. The first-order valence-electron chi connectivity index (χ1n) is 12.5. The SMILES string of the molecule is CC(C)(C)CCCCCCCCCCCOCn1nc(C(=O)O)c2c1CCC(C)(C)C2. The standard InChI is InChI=1S/C26H46N2O3/c1-25(2,3)16-13-11-9-7-6-8-10-12-14-18-31-20-28-22-15-17-26(4,5)19-21(22)23(27-28)24(29)30/h6-20H2,1-5H3,(H,29,30). The highest BCUT2D eigenvalue weighted by atomic mass is 16.5. The first kappa shape index (κ1) is 25.9. The maximum atomic E-state index is 11.6. The van der Waals surface area contributed by atoms with Crippen LogP contribution in [0.5, 0.6) is 0 Å². The summed E-state index contributed by atoms with van der Waals surface area (Å²) in [6.45, 7) is 12.5. The third kappa shape index (κ3) is 9.34. The molecule has 0 fully saturated rings. The van der Waals surface area contributed by atoms with Crippen molar-refractivity contribution in [2.75, 3.05) is 6.61 Å². The van der Waals surface area contributed by atoms with Crippen LogP contribution in [0.25, 0.3) is 0 Å². The van der Waals surface area contributed by atoms with Gasteiger partial charge in [0.1, 0.15) is 6.73 Å². The van der Waals surface area contributed by atoms with Gasteiger partial charge in [-0.2, -0.15) is 5.10 Å². The Morgan fingerprint density at radius 3 is 2.19 bits per heavy atom. The largest absolute Gasteiger partial charge is 0.476 e. The van der Waals surface area contributed by atoms with Crippen molar-refractivity contribution in [3.63, 3.8) is 0 Å². The van der Waals surface area contributed by atoms with Crippen molar-refractivity contribution in [3.05, 3.63) is 17.0 Å². The summed E-state index contributed by atoms with van der Waals surface area (Å²) in [5.74, 6) is -0.929. The molecule has 0 aromatic carbocycles. The van der Waals surface area contributed by atoms with E-state index in [-0.39, 0.29) is 11.1 Å². The van der Waals surface area contributed by atoms with Crippen molar-refractivity contribution < 1.29 is 14.6 Å². The lowest BCUT2D eigenvalue weighted by atomic mass is 9.76. The highest BCUT2D eigenvalue weighted by molar-refractivity contribution is 5.87. The number of aromatic nitrogens is 2. The van der Waals surface area contributed by atoms with Crippen molar-refractivity contribution in [2.45, 2.75) is 125 Å². The molecular formula is C26H46N2O3. The van der Waals surface area contributed by atoms with Gasteiger partial charge in [0.25, 0.3) is 0 Å². The quantitative estimate of drug-likeness (QED) is 0.320.